The molecule has 4 rings (SSSR count). The van der Waals surface area contributed by atoms with E-state index in [1.165, 1.54) is 22.3 Å². The van der Waals surface area contributed by atoms with Crippen molar-refractivity contribution in [1.29, 1.82) is 0 Å². The Morgan fingerprint density at radius 2 is 1.08 bits per heavy atom. The molecule has 2 aromatic heterocycles. The van der Waals surface area contributed by atoms with Crippen molar-refractivity contribution in [3.63, 3.8) is 0 Å². The topological polar surface area (TPSA) is 60.6 Å². The molecule has 0 radical (unpaired) electrons. The first-order valence-electron chi connectivity index (χ1n) is 9.00. The van der Waals surface area contributed by atoms with Crippen LogP contribution in [0.5, 0.6) is 0 Å². The number of benzene rings is 2. The highest BCUT2D eigenvalue weighted by atomic mass is 15.1. The molecule has 2 heterocycles. The lowest BCUT2D eigenvalue weighted by Gasteiger charge is -2.13. The van der Waals surface area contributed by atoms with Crippen LogP contribution >= 0.6 is 0 Å². The van der Waals surface area contributed by atoms with E-state index in [4.69, 9.17) is 9.97 Å². The van der Waals surface area contributed by atoms with Gasteiger partial charge in [0.1, 0.15) is 11.6 Å². The monoisotopic (exact) mass is 347 g/mol. The lowest BCUT2D eigenvalue weighted by Crippen LogP contribution is -2.18. The summed E-state index contributed by atoms with van der Waals surface area (Å²) in [6, 6.07) is 8.54. The molecule has 0 bridgehead atoms. The fourth-order valence-electron chi connectivity index (χ4n) is 3.53. The molecular weight excluding hydrogens is 322 g/mol. The number of hydrogen-bond acceptors (Lipinski definition) is 3. The third-order valence-corrected chi connectivity index (χ3v) is 5.05. The fourth-order valence-corrected chi connectivity index (χ4v) is 3.53. The Balaban J connectivity index is 1.57. The molecule has 0 fully saturated rings. The van der Waals surface area contributed by atoms with Crippen LogP contribution in [0.25, 0.3) is 22.1 Å². The third kappa shape index (κ3) is 2.88. The predicted molar refractivity (Wildman–Crippen MR) is 106 cm³/mol. The van der Waals surface area contributed by atoms with Gasteiger partial charge in [-0.05, 0) is 57.0 Å². The molecule has 0 unspecified atom stereocenters. The van der Waals surface area contributed by atoms with E-state index in [2.05, 4.69) is 73.9 Å². The molecule has 0 saturated carbocycles. The van der Waals surface area contributed by atoms with Gasteiger partial charge in [0.15, 0.2) is 0 Å². The first-order chi connectivity index (χ1) is 12.4. The predicted octanol–water partition coefficient (Wildman–Crippen LogP) is 4.30. The zero-order chi connectivity index (χ0) is 18.4. The Kier molecular flexibility index (Phi) is 4.04. The summed E-state index contributed by atoms with van der Waals surface area (Å²) < 4.78 is 0. The Bertz CT molecular complexity index is 937. The van der Waals surface area contributed by atoms with Crippen LogP contribution in [-0.4, -0.2) is 31.9 Å². The molecule has 0 atom stereocenters. The smallest absolute Gasteiger partial charge is 0.121 e. The second kappa shape index (κ2) is 6.25. The Labute approximate surface area is 153 Å². The first-order valence-corrected chi connectivity index (χ1v) is 9.00. The molecule has 5 heteroatoms. The van der Waals surface area contributed by atoms with E-state index >= 15 is 0 Å². The summed E-state index contributed by atoms with van der Waals surface area (Å²) in [4.78, 5) is 18.8. The van der Waals surface area contributed by atoms with Gasteiger partial charge in [0, 0.05) is 0 Å². The summed E-state index contributed by atoms with van der Waals surface area (Å²) in [7, 11) is 2.10. The molecule has 2 aromatic carbocycles. The van der Waals surface area contributed by atoms with Crippen LogP contribution in [0.1, 0.15) is 33.9 Å². The summed E-state index contributed by atoms with van der Waals surface area (Å²) in [6.45, 7) is 9.95. The van der Waals surface area contributed by atoms with E-state index in [-0.39, 0.29) is 0 Å². The van der Waals surface area contributed by atoms with Crippen LogP contribution < -0.4 is 0 Å². The van der Waals surface area contributed by atoms with Gasteiger partial charge < -0.3 is 9.97 Å². The number of hydrogen-bond donors (Lipinski definition) is 2. The Morgan fingerprint density at radius 3 is 1.46 bits per heavy atom. The molecule has 0 spiro atoms. The van der Waals surface area contributed by atoms with E-state index in [0.717, 1.165) is 46.8 Å². The van der Waals surface area contributed by atoms with Crippen LogP contribution in [0.2, 0.25) is 0 Å². The molecule has 26 heavy (non-hydrogen) atoms. The highest BCUT2D eigenvalue weighted by Gasteiger charge is 2.12. The minimum atomic E-state index is 0.753. The van der Waals surface area contributed by atoms with Crippen LogP contribution in [0.3, 0.4) is 0 Å². The number of aromatic amines is 2. The van der Waals surface area contributed by atoms with Crippen molar-refractivity contribution >= 4 is 22.1 Å². The third-order valence-electron chi connectivity index (χ3n) is 5.05. The van der Waals surface area contributed by atoms with Gasteiger partial charge >= 0.3 is 0 Å². The second-order valence-electron chi connectivity index (χ2n) is 7.39. The molecule has 2 N–H and O–H groups in total. The SMILES string of the molecule is Cc1ccc(C)c2[nH]c(CN(C)Cc3nc4c(C)ccc(C)c4[nH]3)nc12. The first kappa shape index (κ1) is 16.8. The highest BCUT2D eigenvalue weighted by Crippen LogP contribution is 2.22. The van der Waals surface area contributed by atoms with Crippen LogP contribution in [0.15, 0.2) is 24.3 Å². The van der Waals surface area contributed by atoms with Gasteiger partial charge in [-0.25, -0.2) is 9.97 Å². The van der Waals surface area contributed by atoms with E-state index in [1.807, 2.05) is 0 Å². The molecule has 0 aliphatic carbocycles. The maximum Gasteiger partial charge on any atom is 0.121 e. The Hall–Kier alpha value is -2.66. The van der Waals surface area contributed by atoms with Crippen LogP contribution in [0.4, 0.5) is 0 Å². The van der Waals surface area contributed by atoms with Crippen molar-refractivity contribution < 1.29 is 0 Å². The number of imidazole rings is 2. The maximum absolute atomic E-state index is 4.80. The minimum absolute atomic E-state index is 0.753. The second-order valence-corrected chi connectivity index (χ2v) is 7.39. The van der Waals surface area contributed by atoms with Gasteiger partial charge in [0.25, 0.3) is 0 Å². The molecule has 0 saturated heterocycles. The summed E-state index contributed by atoms with van der Waals surface area (Å²) >= 11 is 0. The molecule has 5 nitrogen and oxygen atoms in total. The lowest BCUT2D eigenvalue weighted by molar-refractivity contribution is 0.305. The van der Waals surface area contributed by atoms with Gasteiger partial charge in [0.05, 0.1) is 35.2 Å². The maximum atomic E-state index is 4.80. The van der Waals surface area contributed by atoms with E-state index in [9.17, 15) is 0 Å². The normalized spacial score (nSPS) is 11.9. The lowest BCUT2D eigenvalue weighted by atomic mass is 10.1. The number of fused-ring (bicyclic) bond motifs is 2. The van der Waals surface area contributed by atoms with Gasteiger partial charge in [-0.3, -0.25) is 4.90 Å². The van der Waals surface area contributed by atoms with Crippen molar-refractivity contribution in [3.8, 4) is 0 Å². The zero-order valence-electron chi connectivity index (χ0n) is 16.1. The van der Waals surface area contributed by atoms with Crippen LogP contribution in [0, 0.1) is 27.7 Å². The molecule has 0 amide bonds. The van der Waals surface area contributed by atoms with E-state index in [0.29, 0.717) is 0 Å². The van der Waals surface area contributed by atoms with Crippen molar-refractivity contribution in [3.05, 3.63) is 58.2 Å². The number of nitrogens with one attached hydrogen (secondary N) is 2. The van der Waals surface area contributed by atoms with Crippen molar-refractivity contribution in [2.75, 3.05) is 7.05 Å². The molecule has 0 aliphatic rings. The van der Waals surface area contributed by atoms with Gasteiger partial charge in [-0.1, -0.05) is 24.3 Å². The van der Waals surface area contributed by atoms with Crippen LogP contribution in [-0.2, 0) is 13.1 Å². The van der Waals surface area contributed by atoms with Gasteiger partial charge in [-0.15, -0.1) is 0 Å². The van der Waals surface area contributed by atoms with Crippen molar-refractivity contribution in [1.82, 2.24) is 24.8 Å². The van der Waals surface area contributed by atoms with Gasteiger partial charge in [0.2, 0.25) is 0 Å². The summed E-state index contributed by atoms with van der Waals surface area (Å²) in [5.74, 6) is 1.98. The molecule has 0 aliphatic heterocycles. The number of aromatic nitrogens is 4. The number of rotatable bonds is 4. The summed E-state index contributed by atoms with van der Waals surface area (Å²) in [5, 5.41) is 0. The Morgan fingerprint density at radius 1 is 0.692 bits per heavy atom. The number of H-pyrrole nitrogens is 2. The van der Waals surface area contributed by atoms with E-state index in [1.54, 1.807) is 0 Å². The quantitative estimate of drug-likeness (QED) is 0.578. The largest absolute Gasteiger partial charge is 0.341 e. The highest BCUT2D eigenvalue weighted by molar-refractivity contribution is 5.82. The molecule has 134 valence electrons. The fraction of sp³-hybridized carbons (Fsp3) is 0.333. The number of nitrogens with zero attached hydrogens (tertiary/aromatic N) is 3. The van der Waals surface area contributed by atoms with Crippen molar-refractivity contribution in [2.24, 2.45) is 0 Å². The minimum Gasteiger partial charge on any atom is -0.341 e. The summed E-state index contributed by atoms with van der Waals surface area (Å²) in [6.07, 6.45) is 0. The zero-order valence-corrected chi connectivity index (χ0v) is 16.1. The average Bonchev–Trinajstić information content (AvgIpc) is 3.20. The van der Waals surface area contributed by atoms with Gasteiger partial charge in [-0.2, -0.15) is 0 Å². The van der Waals surface area contributed by atoms with E-state index < -0.39 is 0 Å². The standard InChI is InChI=1S/C21H25N5/c1-12-6-7-13(2)19-18(12)22-16(23-19)10-26(5)11-17-24-20-14(3)8-9-15(4)21(20)25-17/h6-9H,10-11H2,1-5H3,(H,22,23)(H,24,25). The number of aryl methyl sites for hydroxylation is 4. The molecule has 4 aromatic rings. The average molecular weight is 347 g/mol. The molecular formula is C21H25N5. The summed E-state index contributed by atoms with van der Waals surface area (Å²) in [5.41, 5.74) is 9.31. The van der Waals surface area contributed by atoms with Crippen molar-refractivity contribution in [2.45, 2.75) is 40.8 Å².